The molecule has 0 radical (unpaired) electrons. The normalized spacial score (nSPS) is 14.8. The van der Waals surface area contributed by atoms with E-state index in [1.54, 1.807) is 19.5 Å². The van der Waals surface area contributed by atoms with Crippen molar-refractivity contribution >= 4 is 22.8 Å². The number of piperazine rings is 1. The molecule has 7 nitrogen and oxygen atoms in total. The highest BCUT2D eigenvalue weighted by Gasteiger charge is 2.21. The van der Waals surface area contributed by atoms with Crippen LogP contribution < -0.4 is 10.1 Å². The maximum absolute atomic E-state index is 12.5. The second kappa shape index (κ2) is 8.22. The molecule has 1 aliphatic heterocycles. The maximum Gasteiger partial charge on any atom is 0.321 e. The summed E-state index contributed by atoms with van der Waals surface area (Å²) in [6.45, 7) is 3.91. The van der Waals surface area contributed by atoms with E-state index < -0.39 is 0 Å². The summed E-state index contributed by atoms with van der Waals surface area (Å²) in [4.78, 5) is 25.4. The summed E-state index contributed by atoms with van der Waals surface area (Å²) >= 11 is 0. The topological polar surface area (TPSA) is 70.6 Å². The van der Waals surface area contributed by atoms with Crippen LogP contribution in [0.15, 0.2) is 54.9 Å². The van der Waals surface area contributed by atoms with Crippen molar-refractivity contribution in [3.05, 3.63) is 60.4 Å². The van der Waals surface area contributed by atoms with E-state index in [1.165, 1.54) is 5.56 Å². The van der Waals surface area contributed by atoms with Gasteiger partial charge in [0.1, 0.15) is 5.75 Å². The van der Waals surface area contributed by atoms with Crippen molar-refractivity contribution < 1.29 is 9.53 Å². The number of ether oxygens (including phenoxy) is 1. The lowest BCUT2D eigenvalue weighted by Crippen LogP contribution is -2.49. The first-order chi connectivity index (χ1) is 13.7. The zero-order valence-corrected chi connectivity index (χ0v) is 15.8. The number of rotatable bonds is 4. The molecule has 1 fully saturated rings. The Morgan fingerprint density at radius 2 is 1.82 bits per heavy atom. The Morgan fingerprint density at radius 1 is 1.04 bits per heavy atom. The number of methoxy groups -OCH3 is 1. The minimum absolute atomic E-state index is 0.0751. The lowest BCUT2D eigenvalue weighted by atomic mass is 10.1. The fourth-order valence-corrected chi connectivity index (χ4v) is 3.38. The molecule has 7 heteroatoms. The highest BCUT2D eigenvalue weighted by molar-refractivity contribution is 5.89. The van der Waals surface area contributed by atoms with Gasteiger partial charge in [-0.1, -0.05) is 12.1 Å². The van der Waals surface area contributed by atoms with Crippen LogP contribution in [0.4, 0.5) is 10.5 Å². The zero-order chi connectivity index (χ0) is 19.3. The molecular weight excluding hydrogens is 354 g/mol. The van der Waals surface area contributed by atoms with Gasteiger partial charge in [-0.25, -0.2) is 4.79 Å². The van der Waals surface area contributed by atoms with Gasteiger partial charge in [0, 0.05) is 56.9 Å². The molecule has 2 aromatic carbocycles. The number of benzene rings is 2. The van der Waals surface area contributed by atoms with Crippen LogP contribution in [0.1, 0.15) is 5.56 Å². The smallest absolute Gasteiger partial charge is 0.321 e. The molecule has 0 unspecified atom stereocenters. The summed E-state index contributed by atoms with van der Waals surface area (Å²) in [5.41, 5.74) is 3.77. The number of amides is 2. The summed E-state index contributed by atoms with van der Waals surface area (Å²) < 4.78 is 5.20. The average Bonchev–Trinajstić information content (AvgIpc) is 2.74. The Balaban J connectivity index is 1.31. The summed E-state index contributed by atoms with van der Waals surface area (Å²) in [6, 6.07) is 13.5. The zero-order valence-electron chi connectivity index (χ0n) is 15.8. The van der Waals surface area contributed by atoms with Gasteiger partial charge in [-0.05, 0) is 29.8 Å². The van der Waals surface area contributed by atoms with Crippen LogP contribution in [-0.4, -0.2) is 59.1 Å². The number of aromatic nitrogens is 2. The molecule has 0 spiro atoms. The minimum Gasteiger partial charge on any atom is -0.497 e. The summed E-state index contributed by atoms with van der Waals surface area (Å²) in [7, 11) is 1.61. The summed E-state index contributed by atoms with van der Waals surface area (Å²) in [6.07, 6.45) is 3.42. The van der Waals surface area contributed by atoms with Crippen molar-refractivity contribution in [1.82, 2.24) is 19.8 Å². The molecule has 0 saturated carbocycles. The van der Waals surface area contributed by atoms with Gasteiger partial charge >= 0.3 is 6.03 Å². The van der Waals surface area contributed by atoms with Gasteiger partial charge in [-0.2, -0.15) is 0 Å². The third kappa shape index (κ3) is 4.20. The van der Waals surface area contributed by atoms with Crippen LogP contribution in [0.25, 0.3) is 11.0 Å². The van der Waals surface area contributed by atoms with Crippen LogP contribution >= 0.6 is 0 Å². The monoisotopic (exact) mass is 377 g/mol. The number of carbonyl (C=O) groups excluding carboxylic acids is 1. The second-order valence-corrected chi connectivity index (χ2v) is 6.80. The van der Waals surface area contributed by atoms with E-state index >= 15 is 0 Å². The van der Waals surface area contributed by atoms with Crippen LogP contribution in [0.3, 0.4) is 0 Å². The van der Waals surface area contributed by atoms with Crippen LogP contribution in [-0.2, 0) is 6.54 Å². The minimum atomic E-state index is -0.0751. The Bertz CT molecular complexity index is 970. The molecule has 3 aromatic rings. The molecule has 1 N–H and O–H groups in total. The van der Waals surface area contributed by atoms with Crippen molar-refractivity contribution in [2.24, 2.45) is 0 Å². The highest BCUT2D eigenvalue weighted by Crippen LogP contribution is 2.18. The maximum atomic E-state index is 12.5. The molecule has 28 heavy (non-hydrogen) atoms. The van der Waals surface area contributed by atoms with E-state index in [2.05, 4.69) is 32.3 Å². The molecule has 144 valence electrons. The molecule has 4 rings (SSSR count). The van der Waals surface area contributed by atoms with Gasteiger partial charge in [0.15, 0.2) is 0 Å². The lowest BCUT2D eigenvalue weighted by Gasteiger charge is -2.34. The first-order valence-corrected chi connectivity index (χ1v) is 9.33. The number of urea groups is 1. The molecule has 1 saturated heterocycles. The lowest BCUT2D eigenvalue weighted by molar-refractivity contribution is 0.143. The Hall–Kier alpha value is -3.19. The number of hydrogen-bond donors (Lipinski definition) is 1. The van der Waals surface area contributed by atoms with Crippen molar-refractivity contribution in [2.45, 2.75) is 6.54 Å². The Morgan fingerprint density at radius 3 is 2.61 bits per heavy atom. The summed E-state index contributed by atoms with van der Waals surface area (Å²) in [5.74, 6) is 0.725. The second-order valence-electron chi connectivity index (χ2n) is 6.80. The van der Waals surface area contributed by atoms with Crippen molar-refractivity contribution in [1.29, 1.82) is 0 Å². The number of fused-ring (bicyclic) bond motifs is 1. The molecule has 2 amide bonds. The van der Waals surface area contributed by atoms with E-state index in [4.69, 9.17) is 4.74 Å². The third-order valence-corrected chi connectivity index (χ3v) is 4.92. The molecule has 0 bridgehead atoms. The van der Waals surface area contributed by atoms with Gasteiger partial charge < -0.3 is 15.0 Å². The number of anilines is 1. The fourth-order valence-electron chi connectivity index (χ4n) is 3.38. The van der Waals surface area contributed by atoms with Crippen LogP contribution in [0, 0.1) is 0 Å². The SMILES string of the molecule is COc1cccc(NC(=O)N2CCN(Cc3ccc4nccnc4c3)CC2)c1. The molecule has 2 heterocycles. The predicted octanol–water partition coefficient (Wildman–Crippen LogP) is 2.99. The van der Waals surface area contributed by atoms with Crippen molar-refractivity contribution in [3.63, 3.8) is 0 Å². The first-order valence-electron chi connectivity index (χ1n) is 9.33. The number of hydrogen-bond acceptors (Lipinski definition) is 5. The number of nitrogens with one attached hydrogen (secondary N) is 1. The fraction of sp³-hybridized carbons (Fsp3) is 0.286. The molecule has 0 aliphatic carbocycles. The first kappa shape index (κ1) is 18.2. The van der Waals surface area contributed by atoms with Gasteiger partial charge in [0.25, 0.3) is 0 Å². The predicted molar refractivity (Wildman–Crippen MR) is 108 cm³/mol. The Kier molecular flexibility index (Phi) is 5.34. The van der Waals surface area contributed by atoms with Gasteiger partial charge in [0.2, 0.25) is 0 Å². The van der Waals surface area contributed by atoms with E-state index in [1.807, 2.05) is 35.2 Å². The van der Waals surface area contributed by atoms with Crippen LogP contribution in [0.5, 0.6) is 5.75 Å². The standard InChI is InChI=1S/C21H23N5O2/c1-28-18-4-2-3-17(14-18)24-21(27)26-11-9-25(10-12-26)15-16-5-6-19-20(13-16)23-8-7-22-19/h2-8,13-14H,9-12,15H2,1H3,(H,24,27). The average molecular weight is 377 g/mol. The van der Waals surface area contributed by atoms with E-state index in [9.17, 15) is 4.79 Å². The van der Waals surface area contributed by atoms with Crippen LogP contribution in [0.2, 0.25) is 0 Å². The van der Waals surface area contributed by atoms with Crippen molar-refractivity contribution in [3.8, 4) is 5.75 Å². The van der Waals surface area contributed by atoms with Gasteiger partial charge in [-0.15, -0.1) is 0 Å². The molecule has 1 aromatic heterocycles. The van der Waals surface area contributed by atoms with Gasteiger partial charge in [0.05, 0.1) is 18.1 Å². The van der Waals surface area contributed by atoms with E-state index in [0.29, 0.717) is 13.1 Å². The number of carbonyl (C=O) groups is 1. The van der Waals surface area contributed by atoms with E-state index in [0.717, 1.165) is 42.1 Å². The Labute approximate surface area is 164 Å². The third-order valence-electron chi connectivity index (χ3n) is 4.92. The highest BCUT2D eigenvalue weighted by atomic mass is 16.5. The quantitative estimate of drug-likeness (QED) is 0.757. The largest absolute Gasteiger partial charge is 0.497 e. The summed E-state index contributed by atoms with van der Waals surface area (Å²) in [5, 5.41) is 2.94. The molecule has 1 aliphatic rings. The van der Waals surface area contributed by atoms with Crippen molar-refractivity contribution in [2.75, 3.05) is 38.6 Å². The van der Waals surface area contributed by atoms with Gasteiger partial charge in [-0.3, -0.25) is 14.9 Å². The molecule has 0 atom stereocenters. The number of nitrogens with zero attached hydrogens (tertiary/aromatic N) is 4. The van der Waals surface area contributed by atoms with E-state index in [-0.39, 0.29) is 6.03 Å². The molecular formula is C21H23N5O2.